The van der Waals surface area contributed by atoms with Crippen molar-refractivity contribution in [3.8, 4) is 46.8 Å². The number of aromatic nitrogens is 6. The minimum absolute atomic E-state index is 0.0365. The molecule has 18 aromatic rings. The van der Waals surface area contributed by atoms with E-state index in [-0.39, 0.29) is 45.7 Å². The van der Waals surface area contributed by atoms with Gasteiger partial charge in [-0.2, -0.15) is 21.0 Å². The summed E-state index contributed by atoms with van der Waals surface area (Å²) in [5.41, 5.74) is 29.3. The van der Waals surface area contributed by atoms with E-state index in [1.54, 1.807) is 36.4 Å². The lowest BCUT2D eigenvalue weighted by Crippen LogP contribution is -2.15. The molecule has 21 nitrogen and oxygen atoms in total. The number of ketones is 2. The summed E-state index contributed by atoms with van der Waals surface area (Å²) < 4.78 is 0. The number of nitrogens with two attached hydrogens (primary N) is 2. The van der Waals surface area contributed by atoms with Gasteiger partial charge < -0.3 is 36.0 Å². The van der Waals surface area contributed by atoms with Crippen molar-refractivity contribution < 1.29 is 19.2 Å². The fourth-order valence-corrected chi connectivity index (χ4v) is 14.0. The van der Waals surface area contributed by atoms with E-state index in [0.717, 1.165) is 79.4 Å². The van der Waals surface area contributed by atoms with E-state index >= 15 is 0 Å². The van der Waals surface area contributed by atoms with Crippen LogP contribution in [-0.2, 0) is 9.59 Å². The Morgan fingerprint density at radius 1 is 0.214 bits per heavy atom. The summed E-state index contributed by atoms with van der Waals surface area (Å²) in [6, 6.07) is 150. The molecular formula is C108H75Cl2N17O4. The monoisotopic (exact) mass is 1740 g/mol. The summed E-state index contributed by atoms with van der Waals surface area (Å²) in [7, 11) is 0. The van der Waals surface area contributed by atoms with Crippen LogP contribution in [0, 0.1) is 45.3 Å². The van der Waals surface area contributed by atoms with E-state index in [9.17, 15) is 29.7 Å². The van der Waals surface area contributed by atoms with Gasteiger partial charge in [-0.15, -0.1) is 0 Å². The fraction of sp³-hybridized carbons (Fsp3) is 0. The van der Waals surface area contributed by atoms with Crippen LogP contribution >= 0.6 is 23.2 Å². The molecule has 15 aromatic carbocycles. The maximum absolute atomic E-state index is 13.3. The molecule has 3 heterocycles. The van der Waals surface area contributed by atoms with Crippen molar-refractivity contribution in [3.05, 3.63) is 465 Å². The second-order valence-electron chi connectivity index (χ2n) is 28.4. The third-order valence-electron chi connectivity index (χ3n) is 20.0. The molecule has 0 spiro atoms. The van der Waals surface area contributed by atoms with E-state index in [1.807, 2.05) is 273 Å². The molecule has 23 heteroatoms. The average Bonchev–Trinajstić information content (AvgIpc) is 0.760. The van der Waals surface area contributed by atoms with E-state index in [2.05, 4.69) is 213 Å². The quantitative estimate of drug-likeness (QED) is 0.0383. The molecule has 0 unspecified atom stereocenters. The van der Waals surface area contributed by atoms with Gasteiger partial charge in [0.2, 0.25) is 11.6 Å². The van der Waals surface area contributed by atoms with Crippen LogP contribution in [0.1, 0.15) is 43.5 Å². The minimum atomic E-state index is -1.14. The molecule has 0 saturated heterocycles. The van der Waals surface area contributed by atoms with Crippen LogP contribution in [0.2, 0.25) is 0 Å². The van der Waals surface area contributed by atoms with Gasteiger partial charge in [0.1, 0.15) is 24.3 Å². The maximum atomic E-state index is 13.3. The number of benzene rings is 15. The van der Waals surface area contributed by atoms with Crippen molar-refractivity contribution in [2.24, 2.45) is 0 Å². The van der Waals surface area contributed by atoms with E-state index in [1.165, 1.54) is 17.1 Å². The number of nitrogen functional groups attached to an aromatic ring is 2. The number of para-hydroxylation sites is 11. The SMILES string of the molecule is N#Cc1nc(N)c(N)nc1C#N.N#Cc1nc2nc(-c3ccc(N(c4ccccc4)c4ccccc4)cc3)c(-c3ccc(N(c4ccccc4)c4ccccc4)cc3)nc2nc1C#N.O=C(C(=O)c1ccc(N(c2ccccc2)c2ccccc2)cc1)c1ccc(N(c2ccccc2)c2ccccc2)cc1.O=C(Cl)C(=O)Cl.c1ccc(N(c2ccccc2)c2ccccc2)cc1. The Hall–Kier alpha value is -18.4. The van der Waals surface area contributed by atoms with E-state index < -0.39 is 22.1 Å². The third kappa shape index (κ3) is 22.2. The number of nitriles is 4. The summed E-state index contributed by atoms with van der Waals surface area (Å²) >= 11 is 8.98. The third-order valence-corrected chi connectivity index (χ3v) is 20.4. The lowest BCUT2D eigenvalue weighted by Gasteiger charge is -2.26. The number of anilines is 17. The Morgan fingerprint density at radius 2 is 0.366 bits per heavy atom. The molecule has 3 aromatic heterocycles. The van der Waals surface area contributed by atoms with Gasteiger partial charge in [0.15, 0.2) is 45.7 Å². The zero-order valence-corrected chi connectivity index (χ0v) is 71.3. The lowest BCUT2D eigenvalue weighted by atomic mass is 10.0. The second-order valence-corrected chi connectivity index (χ2v) is 29.1. The molecule has 0 atom stereocenters. The summed E-state index contributed by atoms with van der Waals surface area (Å²) in [4.78, 5) is 82.0. The first-order valence-corrected chi connectivity index (χ1v) is 41.5. The molecule has 0 fully saturated rings. The van der Waals surface area contributed by atoms with Crippen molar-refractivity contribution in [3.63, 3.8) is 0 Å². The number of hydrogen-bond acceptors (Lipinski definition) is 21. The zero-order chi connectivity index (χ0) is 91.2. The topological polar surface area (TPSA) is 309 Å². The van der Waals surface area contributed by atoms with Crippen LogP contribution in [0.5, 0.6) is 0 Å². The van der Waals surface area contributed by atoms with E-state index in [0.29, 0.717) is 22.5 Å². The van der Waals surface area contributed by atoms with Gasteiger partial charge in [0.25, 0.3) is 0 Å². The molecule has 4 N–H and O–H groups in total. The van der Waals surface area contributed by atoms with Gasteiger partial charge in [-0.1, -0.05) is 224 Å². The molecule has 630 valence electrons. The Labute approximate surface area is 766 Å². The average molecular weight is 1750 g/mol. The van der Waals surface area contributed by atoms with Crippen molar-refractivity contribution >= 4 is 153 Å². The number of rotatable bonds is 21. The highest BCUT2D eigenvalue weighted by molar-refractivity contribution is 6.97. The predicted octanol–water partition coefficient (Wildman–Crippen LogP) is 25.2. The first kappa shape index (κ1) is 88.9. The van der Waals surface area contributed by atoms with Crippen molar-refractivity contribution in [1.29, 1.82) is 21.0 Å². The Balaban J connectivity index is 0.000000154. The van der Waals surface area contributed by atoms with Gasteiger partial charge in [0.05, 0.1) is 11.4 Å². The molecule has 0 aliphatic rings. The molecular weight excluding hydrogens is 1670 g/mol. The van der Waals surface area contributed by atoms with Gasteiger partial charge in [0, 0.05) is 108 Å². The molecule has 0 amide bonds. The number of hydrogen-bond donors (Lipinski definition) is 2. The largest absolute Gasteiger partial charge is 0.381 e. The Morgan fingerprint density at radius 3 is 0.527 bits per heavy atom. The number of nitrogens with zero attached hydrogens (tertiary/aromatic N) is 15. The summed E-state index contributed by atoms with van der Waals surface area (Å²) in [6.07, 6.45) is 0. The Bertz CT molecular complexity index is 6490. The maximum Gasteiger partial charge on any atom is 0.304 e. The van der Waals surface area contributed by atoms with E-state index in [4.69, 9.17) is 32.0 Å². The van der Waals surface area contributed by atoms with Crippen molar-refractivity contribution in [1.82, 2.24) is 29.9 Å². The van der Waals surface area contributed by atoms with Gasteiger partial charge >= 0.3 is 10.5 Å². The highest BCUT2D eigenvalue weighted by Gasteiger charge is 2.25. The molecule has 0 aliphatic heterocycles. The summed E-state index contributed by atoms with van der Waals surface area (Å²) in [5.74, 6) is -1.15. The van der Waals surface area contributed by atoms with Gasteiger partial charge in [-0.25, -0.2) is 29.9 Å². The molecule has 18 rings (SSSR count). The highest BCUT2D eigenvalue weighted by atomic mass is 35.5. The Kier molecular flexibility index (Phi) is 29.7. The predicted molar refractivity (Wildman–Crippen MR) is 519 cm³/mol. The number of carbonyl (C=O) groups is 4. The number of halogens is 2. The zero-order valence-electron chi connectivity index (χ0n) is 69.7. The van der Waals surface area contributed by atoms with Gasteiger partial charge in [-0.3, -0.25) is 19.2 Å². The molecule has 131 heavy (non-hydrogen) atoms. The second kappa shape index (κ2) is 43.8. The first-order chi connectivity index (χ1) is 64.2. The smallest absolute Gasteiger partial charge is 0.304 e. The number of fused-ring (bicyclic) bond motifs is 1. The highest BCUT2D eigenvalue weighted by Crippen LogP contribution is 2.42. The summed E-state index contributed by atoms with van der Waals surface area (Å²) in [5, 5.41) is 34.0. The first-order valence-electron chi connectivity index (χ1n) is 40.8. The van der Waals surface area contributed by atoms with Crippen LogP contribution < -0.4 is 36.0 Å². The van der Waals surface area contributed by atoms with Crippen LogP contribution in [-0.4, -0.2) is 52.0 Å². The standard InChI is InChI=1S/C44H28N8.C38H28N2O2.C18H15N.C6H4N6.C2Cl2O2/c45-29-39-40(30-46)48-44-43(47-39)49-41(31-21-25-37(26-22-31)51(33-13-5-1-6-14-33)34-15-7-2-8-16-34)42(50-44)32-23-27-38(28-24-32)52(35-17-9-3-10-18-35)36-19-11-4-12-20-36;41-37(29-21-25-35(26-22-29)39(31-13-5-1-6-14-31)32-15-7-2-8-16-32)38(42)30-23-27-36(28-24-30)40(33-17-9-3-10-18-33)34-19-11-4-12-20-34;1-4-10-16(11-5-1)19(17-12-6-2-7-13-17)18-14-8-3-9-15-18;7-1-3-4(2-8)12-6(10)5(9)11-3;3-1(5)2(4)6/h1-28H;1-28H;1-15H;(H2,9,11)(H2,10,12);. The molecule has 0 aliphatic carbocycles. The minimum Gasteiger partial charge on any atom is -0.381 e. The van der Waals surface area contributed by atoms with Crippen molar-refractivity contribution in [2.45, 2.75) is 0 Å². The van der Waals surface area contributed by atoms with Crippen LogP contribution in [0.4, 0.5) is 96.9 Å². The number of Topliss-reactive ketones (excluding diaryl/α,β-unsaturated/α-hetero) is 2. The lowest BCUT2D eigenvalue weighted by molar-refractivity contribution is -0.127. The normalized spacial score (nSPS) is 10.2. The molecule has 0 radical (unpaired) electrons. The van der Waals surface area contributed by atoms with Crippen LogP contribution in [0.25, 0.3) is 33.8 Å². The fourth-order valence-electron chi connectivity index (χ4n) is 14.0. The van der Waals surface area contributed by atoms with Crippen LogP contribution in [0.15, 0.2) is 431 Å². The summed E-state index contributed by atoms with van der Waals surface area (Å²) in [6.45, 7) is 0. The molecule has 0 saturated carbocycles. The van der Waals surface area contributed by atoms with Crippen LogP contribution in [0.3, 0.4) is 0 Å². The van der Waals surface area contributed by atoms with Crippen molar-refractivity contribution in [2.75, 3.05) is 36.0 Å². The molecule has 0 bridgehead atoms. The van der Waals surface area contributed by atoms with Gasteiger partial charge in [-0.05, 0) is 229 Å². The number of carbonyl (C=O) groups excluding carboxylic acids is 4.